The van der Waals surface area contributed by atoms with E-state index in [4.69, 9.17) is 11.6 Å². The van der Waals surface area contributed by atoms with Gasteiger partial charge in [-0.05, 0) is 23.8 Å². The Balaban J connectivity index is 2.26. The molecule has 0 atom stereocenters. The van der Waals surface area contributed by atoms with Crippen LogP contribution in [0.3, 0.4) is 0 Å². The number of hydrogen-bond acceptors (Lipinski definition) is 3. The highest BCUT2D eigenvalue weighted by molar-refractivity contribution is 6.29. The molecule has 0 fully saturated rings. The number of pyridine rings is 2. The molecule has 0 bridgehead atoms. The van der Waals surface area contributed by atoms with Gasteiger partial charge in [-0.3, -0.25) is 4.79 Å². The van der Waals surface area contributed by atoms with E-state index in [9.17, 15) is 19.1 Å². The Hall–Kier alpha value is -2.73. The van der Waals surface area contributed by atoms with Gasteiger partial charge in [0.2, 0.25) is 5.43 Å². The van der Waals surface area contributed by atoms with Crippen LogP contribution in [0.1, 0.15) is 15.9 Å². The Kier molecular flexibility index (Phi) is 3.83. The van der Waals surface area contributed by atoms with Crippen molar-refractivity contribution in [2.75, 3.05) is 0 Å². The number of para-hydroxylation sites is 1. The van der Waals surface area contributed by atoms with Gasteiger partial charge in [0.15, 0.2) is 0 Å². The molecule has 3 rings (SSSR count). The van der Waals surface area contributed by atoms with Gasteiger partial charge in [-0.25, -0.2) is 14.2 Å². The zero-order valence-electron chi connectivity index (χ0n) is 11.7. The highest BCUT2D eigenvalue weighted by atomic mass is 35.5. The summed E-state index contributed by atoms with van der Waals surface area (Å²) in [6.07, 6.45) is 2.65. The molecule has 7 heteroatoms. The molecule has 0 spiro atoms. The lowest BCUT2D eigenvalue weighted by molar-refractivity contribution is 0.0695. The van der Waals surface area contributed by atoms with Gasteiger partial charge in [-0.2, -0.15) is 0 Å². The minimum Gasteiger partial charge on any atom is -0.477 e. The van der Waals surface area contributed by atoms with Crippen molar-refractivity contribution in [3.8, 4) is 0 Å². The Labute approximate surface area is 134 Å². The van der Waals surface area contributed by atoms with E-state index in [-0.39, 0.29) is 17.4 Å². The fraction of sp³-hybridized carbons (Fsp3) is 0.0625. The molecule has 116 valence electrons. The largest absolute Gasteiger partial charge is 0.477 e. The zero-order valence-corrected chi connectivity index (χ0v) is 12.4. The molecular formula is C16H10ClFN2O3. The lowest BCUT2D eigenvalue weighted by Gasteiger charge is -2.13. The van der Waals surface area contributed by atoms with Gasteiger partial charge in [0.1, 0.15) is 16.5 Å². The maximum atomic E-state index is 14.2. The normalized spacial score (nSPS) is 10.9. The summed E-state index contributed by atoms with van der Waals surface area (Å²) in [6, 6.07) is 7.28. The molecule has 0 aliphatic heterocycles. The van der Waals surface area contributed by atoms with Crippen LogP contribution in [0.25, 0.3) is 10.9 Å². The number of aromatic nitrogens is 2. The first kappa shape index (κ1) is 15.2. The molecule has 0 aliphatic carbocycles. The fourth-order valence-corrected chi connectivity index (χ4v) is 2.50. The Morgan fingerprint density at radius 3 is 2.74 bits per heavy atom. The predicted molar refractivity (Wildman–Crippen MR) is 83.5 cm³/mol. The van der Waals surface area contributed by atoms with Crippen LogP contribution in [0.4, 0.5) is 4.39 Å². The average molecular weight is 333 g/mol. The Morgan fingerprint density at radius 2 is 2.09 bits per heavy atom. The van der Waals surface area contributed by atoms with E-state index in [0.29, 0.717) is 10.7 Å². The number of carboxylic acid groups (broad SMARTS) is 1. The van der Waals surface area contributed by atoms with Crippen LogP contribution in [-0.2, 0) is 6.54 Å². The van der Waals surface area contributed by atoms with Crippen LogP contribution in [0.5, 0.6) is 0 Å². The van der Waals surface area contributed by atoms with Crippen molar-refractivity contribution in [1.82, 2.24) is 9.55 Å². The van der Waals surface area contributed by atoms with Crippen molar-refractivity contribution in [1.29, 1.82) is 0 Å². The second-order valence-corrected chi connectivity index (χ2v) is 5.32. The third-order valence-corrected chi connectivity index (χ3v) is 3.64. The molecule has 3 aromatic rings. The SMILES string of the molecule is O=C(O)c1cn(Cc2ccc(Cl)nc2)c2c(F)cccc2c1=O. The molecule has 1 N–H and O–H groups in total. The quantitative estimate of drug-likeness (QED) is 0.748. The highest BCUT2D eigenvalue weighted by Gasteiger charge is 2.16. The van der Waals surface area contributed by atoms with Gasteiger partial charge in [0.25, 0.3) is 0 Å². The molecule has 0 amide bonds. The minimum atomic E-state index is -1.36. The first-order valence-electron chi connectivity index (χ1n) is 6.63. The number of halogens is 2. The van der Waals surface area contributed by atoms with Crippen LogP contribution in [0.2, 0.25) is 5.15 Å². The van der Waals surface area contributed by atoms with Gasteiger partial charge < -0.3 is 9.67 Å². The second kappa shape index (κ2) is 5.81. The van der Waals surface area contributed by atoms with Crippen molar-refractivity contribution in [3.63, 3.8) is 0 Å². The van der Waals surface area contributed by atoms with Gasteiger partial charge in [0.05, 0.1) is 5.52 Å². The molecule has 2 heterocycles. The van der Waals surface area contributed by atoms with Crippen LogP contribution in [-0.4, -0.2) is 20.6 Å². The monoisotopic (exact) mass is 332 g/mol. The van der Waals surface area contributed by atoms with E-state index in [0.717, 1.165) is 6.20 Å². The number of carbonyl (C=O) groups is 1. The molecule has 0 saturated carbocycles. The summed E-state index contributed by atoms with van der Waals surface area (Å²) in [5.74, 6) is -1.96. The van der Waals surface area contributed by atoms with Crippen molar-refractivity contribution >= 4 is 28.5 Å². The first-order chi connectivity index (χ1) is 11.0. The van der Waals surface area contributed by atoms with Gasteiger partial charge >= 0.3 is 5.97 Å². The Bertz CT molecular complexity index is 967. The second-order valence-electron chi connectivity index (χ2n) is 4.93. The van der Waals surface area contributed by atoms with Gasteiger partial charge in [0, 0.05) is 24.3 Å². The number of carboxylic acids is 1. The van der Waals surface area contributed by atoms with Crippen LogP contribution in [0.15, 0.2) is 47.5 Å². The maximum absolute atomic E-state index is 14.2. The average Bonchev–Trinajstić information content (AvgIpc) is 2.52. The molecule has 0 aliphatic rings. The number of benzene rings is 1. The summed E-state index contributed by atoms with van der Waals surface area (Å²) in [7, 11) is 0. The molecule has 0 unspecified atom stereocenters. The van der Waals surface area contributed by atoms with Crippen LogP contribution in [0, 0.1) is 5.82 Å². The molecule has 2 aromatic heterocycles. The smallest absolute Gasteiger partial charge is 0.341 e. The lowest BCUT2D eigenvalue weighted by atomic mass is 10.1. The highest BCUT2D eigenvalue weighted by Crippen LogP contribution is 2.18. The van der Waals surface area contributed by atoms with E-state index < -0.39 is 22.8 Å². The first-order valence-corrected chi connectivity index (χ1v) is 7.00. The van der Waals surface area contributed by atoms with Crippen molar-refractivity contribution < 1.29 is 14.3 Å². The number of hydrogen-bond donors (Lipinski definition) is 1. The fourth-order valence-electron chi connectivity index (χ4n) is 2.39. The summed E-state index contributed by atoms with van der Waals surface area (Å²) >= 11 is 5.73. The summed E-state index contributed by atoms with van der Waals surface area (Å²) < 4.78 is 15.6. The molecular weight excluding hydrogens is 323 g/mol. The summed E-state index contributed by atoms with van der Waals surface area (Å²) in [5.41, 5.74) is -0.376. The topological polar surface area (TPSA) is 72.2 Å². The molecule has 0 radical (unpaired) electrons. The van der Waals surface area contributed by atoms with E-state index >= 15 is 0 Å². The maximum Gasteiger partial charge on any atom is 0.341 e. The standard InChI is InChI=1S/C16H10ClFN2O3/c17-13-5-4-9(6-19-13)7-20-8-11(16(22)23)15(21)10-2-1-3-12(18)14(10)20/h1-6,8H,7H2,(H,22,23). The van der Waals surface area contributed by atoms with Crippen molar-refractivity contribution in [2.24, 2.45) is 0 Å². The van der Waals surface area contributed by atoms with E-state index in [1.807, 2.05) is 0 Å². The molecule has 0 saturated heterocycles. The number of rotatable bonds is 3. The van der Waals surface area contributed by atoms with Crippen molar-refractivity contribution in [2.45, 2.75) is 6.54 Å². The Morgan fingerprint density at radius 1 is 1.30 bits per heavy atom. The summed E-state index contributed by atoms with van der Waals surface area (Å²) in [6.45, 7) is 0.155. The zero-order chi connectivity index (χ0) is 16.6. The number of aromatic carboxylic acids is 1. The third kappa shape index (κ3) is 2.80. The van der Waals surface area contributed by atoms with Crippen LogP contribution >= 0.6 is 11.6 Å². The van der Waals surface area contributed by atoms with Crippen LogP contribution < -0.4 is 5.43 Å². The van der Waals surface area contributed by atoms with E-state index in [1.165, 1.54) is 29.0 Å². The molecule has 23 heavy (non-hydrogen) atoms. The van der Waals surface area contributed by atoms with E-state index in [2.05, 4.69) is 4.98 Å². The summed E-state index contributed by atoms with van der Waals surface area (Å²) in [5, 5.41) is 9.52. The van der Waals surface area contributed by atoms with Crippen molar-refractivity contribution in [3.05, 3.63) is 75.0 Å². The number of nitrogens with zero attached hydrogens (tertiary/aromatic N) is 2. The predicted octanol–water partition coefficient (Wildman–Crippen LogP) is 2.94. The van der Waals surface area contributed by atoms with E-state index in [1.54, 1.807) is 12.1 Å². The van der Waals surface area contributed by atoms with Gasteiger partial charge in [-0.15, -0.1) is 0 Å². The third-order valence-electron chi connectivity index (χ3n) is 3.42. The number of fused-ring (bicyclic) bond motifs is 1. The lowest BCUT2D eigenvalue weighted by Crippen LogP contribution is -2.20. The molecule has 1 aromatic carbocycles. The minimum absolute atomic E-state index is 0.0202. The van der Waals surface area contributed by atoms with Gasteiger partial charge in [-0.1, -0.05) is 23.7 Å². The molecule has 5 nitrogen and oxygen atoms in total. The summed E-state index contributed by atoms with van der Waals surface area (Å²) in [4.78, 5) is 27.4.